The minimum Gasteiger partial charge on any atom is -0.457 e. The minimum absolute atomic E-state index is 0.542. The number of aromatic nitrogens is 1. The predicted molar refractivity (Wildman–Crippen MR) is 76.2 cm³/mol. The van der Waals surface area contributed by atoms with Gasteiger partial charge in [-0.3, -0.25) is 4.98 Å². The number of benzene rings is 2. The maximum absolute atomic E-state index is 5.81. The molecule has 0 saturated heterocycles. The van der Waals surface area contributed by atoms with Gasteiger partial charge in [-0.25, -0.2) is 0 Å². The molecule has 2 N–H and O–H groups in total. The van der Waals surface area contributed by atoms with Crippen LogP contribution < -0.4 is 10.5 Å². The van der Waals surface area contributed by atoms with Crippen molar-refractivity contribution in [3.63, 3.8) is 0 Å². The van der Waals surface area contributed by atoms with E-state index in [1.807, 2.05) is 54.6 Å². The summed E-state index contributed by atoms with van der Waals surface area (Å²) in [5.74, 6) is 1.58. The van der Waals surface area contributed by atoms with Crippen molar-refractivity contribution in [2.24, 2.45) is 5.73 Å². The van der Waals surface area contributed by atoms with Crippen LogP contribution in [0.2, 0.25) is 0 Å². The number of nitrogens with zero attached hydrogens (tertiary/aromatic N) is 1. The highest BCUT2D eigenvalue weighted by molar-refractivity contribution is 5.79. The lowest BCUT2D eigenvalue weighted by molar-refractivity contribution is 0.483. The van der Waals surface area contributed by atoms with E-state index in [9.17, 15) is 0 Å². The van der Waals surface area contributed by atoms with E-state index in [0.29, 0.717) is 6.54 Å². The lowest BCUT2D eigenvalue weighted by Crippen LogP contribution is -1.95. The van der Waals surface area contributed by atoms with E-state index in [1.165, 1.54) is 0 Å². The molecule has 1 heterocycles. The van der Waals surface area contributed by atoms with Crippen LogP contribution in [0.3, 0.4) is 0 Å². The number of ether oxygens (including phenoxy) is 1. The second-order valence-electron chi connectivity index (χ2n) is 4.31. The second-order valence-corrected chi connectivity index (χ2v) is 4.31. The van der Waals surface area contributed by atoms with Crippen LogP contribution in [0.25, 0.3) is 10.9 Å². The van der Waals surface area contributed by atoms with Crippen LogP contribution in [0.15, 0.2) is 60.8 Å². The van der Waals surface area contributed by atoms with Crippen molar-refractivity contribution in [1.29, 1.82) is 0 Å². The van der Waals surface area contributed by atoms with Crippen LogP contribution in [0.4, 0.5) is 0 Å². The molecule has 0 aliphatic heterocycles. The molecule has 0 saturated carbocycles. The van der Waals surface area contributed by atoms with Gasteiger partial charge in [0.25, 0.3) is 0 Å². The Hall–Kier alpha value is -2.39. The zero-order chi connectivity index (χ0) is 13.1. The summed E-state index contributed by atoms with van der Waals surface area (Å²) in [6, 6.07) is 17.6. The molecule has 1 aromatic heterocycles. The first-order chi connectivity index (χ1) is 9.35. The molecule has 0 aliphatic rings. The number of nitrogens with two attached hydrogens (primary N) is 1. The third-order valence-corrected chi connectivity index (χ3v) is 2.97. The average molecular weight is 250 g/mol. The lowest BCUT2D eigenvalue weighted by atomic mass is 10.2. The van der Waals surface area contributed by atoms with Gasteiger partial charge in [-0.1, -0.05) is 18.2 Å². The number of pyridine rings is 1. The Balaban J connectivity index is 1.87. The fourth-order valence-corrected chi connectivity index (χ4v) is 1.94. The molecule has 0 atom stereocenters. The fraction of sp³-hybridized carbons (Fsp3) is 0.0625. The van der Waals surface area contributed by atoms with E-state index in [4.69, 9.17) is 10.5 Å². The lowest BCUT2D eigenvalue weighted by Gasteiger charge is -2.07. The van der Waals surface area contributed by atoms with Crippen molar-refractivity contribution in [3.05, 3.63) is 66.4 Å². The Labute approximate surface area is 111 Å². The van der Waals surface area contributed by atoms with E-state index in [-0.39, 0.29) is 0 Å². The Morgan fingerprint density at radius 2 is 1.74 bits per heavy atom. The van der Waals surface area contributed by atoms with E-state index in [1.54, 1.807) is 6.20 Å². The third kappa shape index (κ3) is 2.56. The summed E-state index contributed by atoms with van der Waals surface area (Å²) in [5.41, 5.74) is 7.59. The van der Waals surface area contributed by atoms with Gasteiger partial charge < -0.3 is 10.5 Å². The van der Waals surface area contributed by atoms with Crippen LogP contribution in [0, 0.1) is 0 Å². The quantitative estimate of drug-likeness (QED) is 0.774. The normalized spacial score (nSPS) is 10.6. The summed E-state index contributed by atoms with van der Waals surface area (Å²) in [4.78, 5) is 4.31. The predicted octanol–water partition coefficient (Wildman–Crippen LogP) is 3.49. The highest BCUT2D eigenvalue weighted by Crippen LogP contribution is 2.24. The molecule has 3 nitrogen and oxygen atoms in total. The molecular weight excluding hydrogens is 236 g/mol. The van der Waals surface area contributed by atoms with Crippen LogP contribution >= 0.6 is 0 Å². The number of fused-ring (bicyclic) bond motifs is 1. The standard InChI is InChI=1S/C16H14N2O/c17-11-12-3-6-14(7-4-12)19-15-8-5-13-2-1-9-18-16(13)10-15/h1-10H,11,17H2. The minimum atomic E-state index is 0.542. The molecule has 3 rings (SSSR count). The summed E-state index contributed by atoms with van der Waals surface area (Å²) in [7, 11) is 0. The number of hydrogen-bond donors (Lipinski definition) is 1. The van der Waals surface area contributed by atoms with Crippen LogP contribution in [0.1, 0.15) is 5.56 Å². The first-order valence-electron chi connectivity index (χ1n) is 6.17. The molecule has 19 heavy (non-hydrogen) atoms. The van der Waals surface area contributed by atoms with Crippen molar-refractivity contribution >= 4 is 10.9 Å². The summed E-state index contributed by atoms with van der Waals surface area (Å²) in [6.45, 7) is 0.542. The van der Waals surface area contributed by atoms with Crippen LogP contribution in [-0.4, -0.2) is 4.98 Å². The fourth-order valence-electron chi connectivity index (χ4n) is 1.94. The molecule has 0 amide bonds. The molecule has 0 bridgehead atoms. The Morgan fingerprint density at radius 3 is 2.53 bits per heavy atom. The first kappa shape index (κ1) is 11.7. The van der Waals surface area contributed by atoms with Gasteiger partial charge in [0.1, 0.15) is 11.5 Å². The van der Waals surface area contributed by atoms with Crippen molar-refractivity contribution in [2.75, 3.05) is 0 Å². The molecular formula is C16H14N2O. The van der Waals surface area contributed by atoms with Gasteiger partial charge in [-0.2, -0.15) is 0 Å². The van der Waals surface area contributed by atoms with Gasteiger partial charge in [0.15, 0.2) is 0 Å². The van der Waals surface area contributed by atoms with Gasteiger partial charge in [0.2, 0.25) is 0 Å². The Kier molecular flexibility index (Phi) is 3.12. The van der Waals surface area contributed by atoms with Crippen molar-refractivity contribution < 1.29 is 4.74 Å². The second kappa shape index (κ2) is 5.08. The summed E-state index contributed by atoms with van der Waals surface area (Å²) < 4.78 is 5.81. The van der Waals surface area contributed by atoms with E-state index >= 15 is 0 Å². The van der Waals surface area contributed by atoms with Crippen molar-refractivity contribution in [3.8, 4) is 11.5 Å². The van der Waals surface area contributed by atoms with E-state index in [2.05, 4.69) is 4.98 Å². The zero-order valence-electron chi connectivity index (χ0n) is 10.4. The topological polar surface area (TPSA) is 48.1 Å². The van der Waals surface area contributed by atoms with Gasteiger partial charge >= 0.3 is 0 Å². The highest BCUT2D eigenvalue weighted by atomic mass is 16.5. The third-order valence-electron chi connectivity index (χ3n) is 2.97. The van der Waals surface area contributed by atoms with Crippen LogP contribution in [-0.2, 0) is 6.54 Å². The summed E-state index contributed by atoms with van der Waals surface area (Å²) in [5, 5.41) is 1.10. The summed E-state index contributed by atoms with van der Waals surface area (Å²) in [6.07, 6.45) is 1.78. The molecule has 0 spiro atoms. The average Bonchev–Trinajstić information content (AvgIpc) is 2.48. The van der Waals surface area contributed by atoms with Crippen molar-refractivity contribution in [1.82, 2.24) is 4.98 Å². The first-order valence-corrected chi connectivity index (χ1v) is 6.17. The molecule has 0 fully saturated rings. The highest BCUT2D eigenvalue weighted by Gasteiger charge is 2.00. The largest absolute Gasteiger partial charge is 0.457 e. The SMILES string of the molecule is NCc1ccc(Oc2ccc3cccnc3c2)cc1. The number of rotatable bonds is 3. The summed E-state index contributed by atoms with van der Waals surface area (Å²) >= 11 is 0. The molecule has 0 unspecified atom stereocenters. The Morgan fingerprint density at radius 1 is 0.947 bits per heavy atom. The number of hydrogen-bond acceptors (Lipinski definition) is 3. The van der Waals surface area contributed by atoms with Gasteiger partial charge in [0, 0.05) is 24.2 Å². The van der Waals surface area contributed by atoms with Crippen molar-refractivity contribution in [2.45, 2.75) is 6.54 Å². The van der Waals surface area contributed by atoms with Gasteiger partial charge in [0.05, 0.1) is 5.52 Å². The monoisotopic (exact) mass is 250 g/mol. The molecule has 0 radical (unpaired) electrons. The van der Waals surface area contributed by atoms with Gasteiger partial charge in [-0.15, -0.1) is 0 Å². The zero-order valence-corrected chi connectivity index (χ0v) is 10.4. The molecule has 94 valence electrons. The van der Waals surface area contributed by atoms with Crippen LogP contribution in [0.5, 0.6) is 11.5 Å². The van der Waals surface area contributed by atoms with Gasteiger partial charge in [-0.05, 0) is 35.9 Å². The molecule has 3 aromatic rings. The Bertz CT molecular complexity index is 692. The van der Waals surface area contributed by atoms with E-state index in [0.717, 1.165) is 28.0 Å². The molecule has 3 heteroatoms. The molecule has 2 aromatic carbocycles. The maximum atomic E-state index is 5.81. The smallest absolute Gasteiger partial charge is 0.129 e. The maximum Gasteiger partial charge on any atom is 0.129 e. The van der Waals surface area contributed by atoms with E-state index < -0.39 is 0 Å². The molecule has 0 aliphatic carbocycles.